The van der Waals surface area contributed by atoms with Crippen LogP contribution in [-0.4, -0.2) is 45.4 Å². The highest BCUT2D eigenvalue weighted by Crippen LogP contribution is 2.28. The average molecular weight is 426 g/mol. The third kappa shape index (κ3) is 4.13. The van der Waals surface area contributed by atoms with Crippen LogP contribution in [0.5, 0.6) is 0 Å². The molecule has 0 bridgehead atoms. The molecule has 0 unspecified atom stereocenters. The van der Waals surface area contributed by atoms with Crippen molar-refractivity contribution in [2.75, 3.05) is 12.8 Å². The number of halogens is 1. The quantitative estimate of drug-likeness (QED) is 0.712. The van der Waals surface area contributed by atoms with Gasteiger partial charge in [-0.3, -0.25) is 14.2 Å². The number of ketones is 1. The molecule has 6 nitrogen and oxygen atoms in total. The van der Waals surface area contributed by atoms with Crippen LogP contribution >= 0.6 is 27.7 Å². The summed E-state index contributed by atoms with van der Waals surface area (Å²) < 4.78 is 2.24. The summed E-state index contributed by atoms with van der Waals surface area (Å²) >= 11 is 5.00. The second kappa shape index (κ2) is 7.99. The van der Waals surface area contributed by atoms with Gasteiger partial charge in [-0.15, -0.1) is 11.8 Å². The lowest BCUT2D eigenvalue weighted by molar-refractivity contribution is -0.121. The van der Waals surface area contributed by atoms with Gasteiger partial charge in [-0.05, 0) is 53.7 Å². The lowest BCUT2D eigenvalue weighted by atomic mass is 9.97. The van der Waals surface area contributed by atoms with E-state index < -0.39 is 6.10 Å². The number of nitrogens with zero attached hydrogens (tertiary/aromatic N) is 2. The van der Waals surface area contributed by atoms with Crippen molar-refractivity contribution in [3.8, 4) is 0 Å². The highest BCUT2D eigenvalue weighted by Gasteiger charge is 2.25. The number of carbonyl (C=O) groups excluding carboxylic acids is 1. The number of carbonyl (C=O) groups is 1. The second-order valence-electron chi connectivity index (χ2n) is 6.19. The summed E-state index contributed by atoms with van der Waals surface area (Å²) in [5, 5.41) is 13.6. The average Bonchev–Trinajstić information content (AvgIpc) is 2.59. The number of Topliss-reactive ketones (excluding diaryl/α,β-unsaturated/α-hetero) is 1. The third-order valence-electron chi connectivity index (χ3n) is 4.44. The molecule has 0 spiro atoms. The first-order valence-corrected chi connectivity index (χ1v) is 10.2. The van der Waals surface area contributed by atoms with Crippen molar-refractivity contribution >= 4 is 44.4 Å². The number of piperidine rings is 1. The second-order valence-corrected chi connectivity index (χ2v) is 7.90. The molecule has 0 saturated carbocycles. The van der Waals surface area contributed by atoms with Crippen LogP contribution in [0, 0.1) is 0 Å². The molecular formula is C17H20BrN3O3S. The van der Waals surface area contributed by atoms with Crippen molar-refractivity contribution in [2.45, 2.75) is 42.8 Å². The van der Waals surface area contributed by atoms with E-state index >= 15 is 0 Å². The fourth-order valence-electron chi connectivity index (χ4n) is 3.07. The number of benzene rings is 1. The molecule has 0 amide bonds. The van der Waals surface area contributed by atoms with E-state index in [0.717, 1.165) is 22.3 Å². The summed E-state index contributed by atoms with van der Waals surface area (Å²) in [6.07, 6.45) is 4.67. The van der Waals surface area contributed by atoms with Crippen LogP contribution in [0.3, 0.4) is 0 Å². The molecule has 0 aliphatic carbocycles. The van der Waals surface area contributed by atoms with E-state index in [2.05, 4.69) is 26.2 Å². The number of hydrogen-bond acceptors (Lipinski definition) is 6. The van der Waals surface area contributed by atoms with E-state index in [4.69, 9.17) is 0 Å². The molecule has 2 N–H and O–H groups in total. The molecule has 1 aliphatic rings. The van der Waals surface area contributed by atoms with Crippen LogP contribution in [0.2, 0.25) is 0 Å². The van der Waals surface area contributed by atoms with Crippen molar-refractivity contribution in [1.82, 2.24) is 14.9 Å². The van der Waals surface area contributed by atoms with Gasteiger partial charge in [0.2, 0.25) is 0 Å². The van der Waals surface area contributed by atoms with Gasteiger partial charge in [-0.1, -0.05) is 0 Å². The van der Waals surface area contributed by atoms with Crippen LogP contribution in [0.1, 0.15) is 19.3 Å². The van der Waals surface area contributed by atoms with E-state index in [0.29, 0.717) is 17.3 Å². The smallest absolute Gasteiger partial charge is 0.261 e. The van der Waals surface area contributed by atoms with Crippen LogP contribution in [0.15, 0.2) is 32.6 Å². The Morgan fingerprint density at radius 1 is 1.52 bits per heavy atom. The predicted molar refractivity (Wildman–Crippen MR) is 102 cm³/mol. The van der Waals surface area contributed by atoms with Crippen molar-refractivity contribution in [1.29, 1.82) is 0 Å². The fraction of sp³-hybridized carbons (Fsp3) is 0.471. The summed E-state index contributed by atoms with van der Waals surface area (Å²) in [5.41, 5.74) is 0.376. The Hall–Kier alpha value is -1.22. The van der Waals surface area contributed by atoms with Gasteiger partial charge >= 0.3 is 0 Å². The van der Waals surface area contributed by atoms with Crippen LogP contribution in [-0.2, 0) is 11.3 Å². The number of rotatable bonds is 5. The SMILES string of the molecule is CSc1cc2c(=O)n(CC(=O)C[C@H]3NCCC[C@@H]3O)cnc2cc1Br. The van der Waals surface area contributed by atoms with Gasteiger partial charge in [0.1, 0.15) is 0 Å². The topological polar surface area (TPSA) is 84.2 Å². The Bertz CT molecular complexity index is 855. The highest BCUT2D eigenvalue weighted by molar-refractivity contribution is 9.10. The highest BCUT2D eigenvalue weighted by atomic mass is 79.9. The summed E-state index contributed by atoms with van der Waals surface area (Å²) in [6.45, 7) is 0.774. The lowest BCUT2D eigenvalue weighted by Gasteiger charge is -2.28. The molecule has 3 rings (SSSR count). The minimum Gasteiger partial charge on any atom is -0.391 e. The van der Waals surface area contributed by atoms with E-state index in [1.165, 1.54) is 22.7 Å². The Morgan fingerprint density at radius 2 is 2.32 bits per heavy atom. The van der Waals surface area contributed by atoms with E-state index in [9.17, 15) is 14.7 Å². The van der Waals surface area contributed by atoms with Gasteiger partial charge < -0.3 is 10.4 Å². The van der Waals surface area contributed by atoms with Crippen molar-refractivity contribution in [3.63, 3.8) is 0 Å². The maximum atomic E-state index is 12.7. The number of fused-ring (bicyclic) bond motifs is 1. The molecule has 2 aromatic rings. The van der Waals surface area contributed by atoms with Crippen molar-refractivity contribution in [3.05, 3.63) is 33.3 Å². The Balaban J connectivity index is 1.81. The van der Waals surface area contributed by atoms with Gasteiger partial charge in [0.05, 0.1) is 29.9 Å². The zero-order valence-electron chi connectivity index (χ0n) is 13.9. The summed E-state index contributed by atoms with van der Waals surface area (Å²) in [6, 6.07) is 3.38. The molecule has 1 saturated heterocycles. The normalized spacial score (nSPS) is 20.8. The van der Waals surface area contributed by atoms with E-state index in [-0.39, 0.29) is 30.3 Å². The zero-order valence-corrected chi connectivity index (χ0v) is 16.3. The standard InChI is InChI=1S/C17H20BrN3O3S/c1-25-16-6-11-13(7-12(16)18)20-9-21(17(11)24)8-10(22)5-14-15(23)3-2-4-19-14/h6-7,9,14-15,19,23H,2-5,8H2,1H3/t14-,15+/m1/s1. The maximum absolute atomic E-state index is 12.7. The molecule has 1 aromatic heterocycles. The van der Waals surface area contributed by atoms with Gasteiger partial charge in [0.25, 0.3) is 5.56 Å². The number of thioether (sulfide) groups is 1. The molecule has 0 radical (unpaired) electrons. The van der Waals surface area contributed by atoms with Crippen LogP contribution in [0.4, 0.5) is 0 Å². The summed E-state index contributed by atoms with van der Waals surface area (Å²) in [5.74, 6) is -0.0936. The Morgan fingerprint density at radius 3 is 3.04 bits per heavy atom. The zero-order chi connectivity index (χ0) is 18.0. The van der Waals surface area contributed by atoms with Crippen molar-refractivity contribution in [2.24, 2.45) is 0 Å². The van der Waals surface area contributed by atoms with E-state index in [1.54, 1.807) is 6.07 Å². The molecule has 8 heteroatoms. The van der Waals surface area contributed by atoms with Gasteiger partial charge in [-0.25, -0.2) is 4.98 Å². The minimum atomic E-state index is -0.509. The predicted octanol–water partition coefficient (Wildman–Crippen LogP) is 1.95. The van der Waals surface area contributed by atoms with Crippen LogP contribution < -0.4 is 10.9 Å². The van der Waals surface area contributed by atoms with Gasteiger partial charge in [0.15, 0.2) is 5.78 Å². The molecule has 2 atom stereocenters. The number of hydrogen-bond donors (Lipinski definition) is 2. The third-order valence-corrected chi connectivity index (χ3v) is 6.14. The monoisotopic (exact) mass is 425 g/mol. The summed E-state index contributed by atoms with van der Waals surface area (Å²) in [4.78, 5) is 30.3. The Labute approximate surface area is 158 Å². The Kier molecular flexibility index (Phi) is 5.93. The molecule has 134 valence electrons. The number of aliphatic hydroxyl groups is 1. The minimum absolute atomic E-state index is 0.0304. The van der Waals surface area contributed by atoms with Gasteiger partial charge in [-0.2, -0.15) is 0 Å². The molecular weight excluding hydrogens is 406 g/mol. The molecule has 2 heterocycles. The maximum Gasteiger partial charge on any atom is 0.261 e. The number of nitrogens with one attached hydrogen (secondary N) is 1. The van der Waals surface area contributed by atoms with Gasteiger partial charge in [0, 0.05) is 21.8 Å². The largest absolute Gasteiger partial charge is 0.391 e. The molecule has 1 fully saturated rings. The lowest BCUT2D eigenvalue weighted by Crippen LogP contribution is -2.46. The number of aromatic nitrogens is 2. The fourth-order valence-corrected chi connectivity index (χ4v) is 4.38. The molecule has 1 aliphatic heterocycles. The first-order valence-electron chi connectivity index (χ1n) is 8.15. The molecule has 25 heavy (non-hydrogen) atoms. The first kappa shape index (κ1) is 18.6. The van der Waals surface area contributed by atoms with E-state index in [1.807, 2.05) is 12.3 Å². The van der Waals surface area contributed by atoms with Crippen LogP contribution in [0.25, 0.3) is 10.9 Å². The number of aliphatic hydroxyl groups excluding tert-OH is 1. The summed E-state index contributed by atoms with van der Waals surface area (Å²) in [7, 11) is 0. The first-order chi connectivity index (χ1) is 12.0. The molecule has 1 aromatic carbocycles. The van der Waals surface area contributed by atoms with Crippen molar-refractivity contribution < 1.29 is 9.90 Å².